The van der Waals surface area contributed by atoms with Crippen LogP contribution >= 0.6 is 46.4 Å². The van der Waals surface area contributed by atoms with E-state index in [1.165, 1.54) is 85.2 Å². The van der Waals surface area contributed by atoms with Gasteiger partial charge in [-0.15, -0.1) is 0 Å². The molecule has 8 aromatic rings. The Morgan fingerprint density at radius 1 is 0.581 bits per heavy atom. The van der Waals surface area contributed by atoms with Crippen LogP contribution in [0.25, 0.3) is 66.5 Å². The van der Waals surface area contributed by atoms with Gasteiger partial charge in [0.25, 0.3) is 0 Å². The van der Waals surface area contributed by atoms with E-state index in [1.54, 1.807) is 13.8 Å². The van der Waals surface area contributed by atoms with Crippen molar-refractivity contribution < 1.29 is 26.7 Å². The SMILES string of the molecule is CCOc1ccc(-c2c3/c(=C(\C#N)c4cnc5cc(Cl)c(Cl)cc5n4)n(B(F)F)c(-c4ccc(OCC)cc4)c3/c(=C(\C#N)c3cnc4cc(Cl)c(Cl)cc4n3)n2B(F)F)cc1. The Labute approximate surface area is 370 Å². The van der Waals surface area contributed by atoms with Crippen LogP contribution in [-0.2, 0) is 0 Å². The topological polar surface area (TPSA) is 127 Å². The van der Waals surface area contributed by atoms with Crippen LogP contribution in [0.3, 0.4) is 0 Å². The molecule has 4 heterocycles. The van der Waals surface area contributed by atoms with Crippen molar-refractivity contribution >= 4 is 105 Å². The van der Waals surface area contributed by atoms with Crippen LogP contribution < -0.4 is 20.2 Å². The average molecular weight is 912 g/mol. The summed E-state index contributed by atoms with van der Waals surface area (Å²) in [6, 6.07) is 21.7. The lowest BCUT2D eigenvalue weighted by Gasteiger charge is -2.14. The second kappa shape index (κ2) is 17.2. The van der Waals surface area contributed by atoms with E-state index in [1.807, 2.05) is 12.1 Å². The molecule has 4 aromatic heterocycles. The third-order valence-corrected chi connectivity index (χ3v) is 11.3. The number of aromatic nitrogens is 6. The lowest BCUT2D eigenvalue weighted by molar-refractivity contribution is 0.340. The molecule has 0 fully saturated rings. The minimum atomic E-state index is -3.41. The van der Waals surface area contributed by atoms with Gasteiger partial charge >= 0.3 is 14.8 Å². The predicted molar refractivity (Wildman–Crippen MR) is 234 cm³/mol. The normalized spacial score (nSPS) is 12.3. The molecule has 20 heteroatoms. The molecule has 10 nitrogen and oxygen atoms in total. The molecular formula is C42H24B2Cl4F4N8O2. The summed E-state index contributed by atoms with van der Waals surface area (Å²) in [5, 5.41) is 21.1. The maximum absolute atomic E-state index is 16.2. The molecule has 0 aliphatic carbocycles. The molecule has 4 aromatic carbocycles. The van der Waals surface area contributed by atoms with Crippen LogP contribution in [0.4, 0.5) is 17.3 Å². The highest BCUT2D eigenvalue weighted by molar-refractivity contribution is 6.45. The molecule has 0 bridgehead atoms. The first kappa shape index (κ1) is 42.4. The molecule has 62 heavy (non-hydrogen) atoms. The Morgan fingerprint density at radius 2 is 0.919 bits per heavy atom. The van der Waals surface area contributed by atoms with E-state index < -0.39 is 36.6 Å². The van der Waals surface area contributed by atoms with Gasteiger partial charge < -0.3 is 18.4 Å². The molecule has 0 saturated carbocycles. The third kappa shape index (κ3) is 7.43. The zero-order valence-corrected chi connectivity index (χ0v) is 35.1. The number of benzene rings is 4. The van der Waals surface area contributed by atoms with Gasteiger partial charge in [0.1, 0.15) is 46.2 Å². The Kier molecular flexibility index (Phi) is 11.8. The average Bonchev–Trinajstić information content (AvgIpc) is 3.77. The molecule has 0 amide bonds. The maximum atomic E-state index is 16.2. The van der Waals surface area contributed by atoms with Crippen LogP contribution in [0.2, 0.25) is 20.1 Å². The summed E-state index contributed by atoms with van der Waals surface area (Å²) in [5.74, 6) is 0.791. The third-order valence-electron chi connectivity index (χ3n) is 9.81. The minimum absolute atomic E-state index is 0.0996. The van der Waals surface area contributed by atoms with E-state index in [4.69, 9.17) is 55.9 Å². The standard InChI is InChI=1S/C42H24B2Cl4F4N8O2/c1-3-61-23-9-5-21(6-10-23)39-37-38(42(59(39)43(49)50)26(18-54)36-20-56-32-14-28(46)30(48)16-34(32)58-36)40(22-7-11-24(12-8-22)62-4-2)60(44(51)52)41(37)25(17-53)35-19-55-31-13-27(45)29(47)15-33(31)57-35/h5-16,19-20H,3-4H2,1-2H3/b41-25-,42-26-. The molecule has 0 N–H and O–H groups in total. The number of fused-ring (bicyclic) bond motifs is 3. The van der Waals surface area contributed by atoms with E-state index in [9.17, 15) is 10.5 Å². The monoisotopic (exact) mass is 910 g/mol. The van der Waals surface area contributed by atoms with Crippen LogP contribution in [-0.4, -0.2) is 56.9 Å². The van der Waals surface area contributed by atoms with Crippen molar-refractivity contribution in [2.24, 2.45) is 0 Å². The van der Waals surface area contributed by atoms with Crippen molar-refractivity contribution in [3.8, 4) is 46.2 Å². The molecule has 0 spiro atoms. The van der Waals surface area contributed by atoms with Crippen LogP contribution in [0.5, 0.6) is 11.5 Å². The van der Waals surface area contributed by atoms with Gasteiger partial charge in [-0.3, -0.25) is 27.2 Å². The van der Waals surface area contributed by atoms with Crippen LogP contribution in [0.15, 0.2) is 85.2 Å². The molecule has 0 atom stereocenters. The first-order valence-corrected chi connectivity index (χ1v) is 20.0. The van der Waals surface area contributed by atoms with Gasteiger partial charge in [0, 0.05) is 10.8 Å². The highest BCUT2D eigenvalue weighted by Crippen LogP contribution is 2.38. The van der Waals surface area contributed by atoms with E-state index >= 15 is 17.3 Å². The first-order valence-electron chi connectivity index (χ1n) is 18.5. The maximum Gasteiger partial charge on any atom is 0.678 e. The zero-order chi connectivity index (χ0) is 44.0. The van der Waals surface area contributed by atoms with Gasteiger partial charge in [0.05, 0.1) is 89.9 Å². The Morgan fingerprint density at radius 3 is 1.23 bits per heavy atom. The fraction of sp³-hybridized carbons (Fsp3) is 0.0952. The predicted octanol–water partition coefficient (Wildman–Crippen LogP) is 10.1. The minimum Gasteiger partial charge on any atom is -0.494 e. The van der Waals surface area contributed by atoms with Gasteiger partial charge in [0.2, 0.25) is 0 Å². The highest BCUT2D eigenvalue weighted by atomic mass is 35.5. The summed E-state index contributed by atoms with van der Waals surface area (Å²) >= 11 is 25.1. The van der Waals surface area contributed by atoms with E-state index in [0.29, 0.717) is 33.7 Å². The summed E-state index contributed by atoms with van der Waals surface area (Å²) in [7, 11) is -6.83. The molecule has 0 radical (unpaired) electrons. The Bertz CT molecular complexity index is 3100. The summed E-state index contributed by atoms with van der Waals surface area (Å²) in [6.45, 7) is 4.12. The van der Waals surface area contributed by atoms with Gasteiger partial charge in [-0.2, -0.15) is 10.5 Å². The summed E-state index contributed by atoms with van der Waals surface area (Å²) < 4.78 is 77.3. The molecule has 0 unspecified atom stereocenters. The molecule has 306 valence electrons. The van der Waals surface area contributed by atoms with Crippen molar-refractivity contribution in [1.82, 2.24) is 28.9 Å². The summed E-state index contributed by atoms with van der Waals surface area (Å²) in [5.41, 5.74) is -0.867. The largest absolute Gasteiger partial charge is 0.678 e. The fourth-order valence-electron chi connectivity index (χ4n) is 7.32. The molecular weight excluding hydrogens is 888 g/mol. The van der Waals surface area contributed by atoms with Gasteiger partial charge in [-0.05, 0) is 97.8 Å². The second-order valence-electron chi connectivity index (χ2n) is 13.3. The molecule has 8 rings (SSSR count). The second-order valence-corrected chi connectivity index (χ2v) is 15.0. The zero-order valence-electron chi connectivity index (χ0n) is 32.1. The smallest absolute Gasteiger partial charge is 0.494 e. The van der Waals surface area contributed by atoms with Crippen molar-refractivity contribution in [3.63, 3.8) is 0 Å². The van der Waals surface area contributed by atoms with Crippen molar-refractivity contribution in [3.05, 3.63) is 127 Å². The number of rotatable bonds is 10. The van der Waals surface area contributed by atoms with Crippen molar-refractivity contribution in [1.29, 1.82) is 10.5 Å². The van der Waals surface area contributed by atoms with E-state index in [-0.39, 0.29) is 86.8 Å². The lowest BCUT2D eigenvalue weighted by atomic mass is 10.0. The summed E-state index contributed by atoms with van der Waals surface area (Å²) in [6.07, 6.45) is 2.37. The number of nitrogens with zero attached hydrogens (tertiary/aromatic N) is 8. The van der Waals surface area contributed by atoms with E-state index in [2.05, 4.69) is 19.9 Å². The van der Waals surface area contributed by atoms with Gasteiger partial charge in [-0.1, -0.05) is 46.4 Å². The van der Waals surface area contributed by atoms with Crippen LogP contribution in [0, 0.1) is 22.7 Å². The van der Waals surface area contributed by atoms with Gasteiger partial charge in [0.15, 0.2) is 0 Å². The number of nitriles is 2. The van der Waals surface area contributed by atoms with Crippen molar-refractivity contribution in [2.45, 2.75) is 13.8 Å². The molecule has 0 aliphatic heterocycles. The van der Waals surface area contributed by atoms with Crippen LogP contribution in [0.1, 0.15) is 25.2 Å². The first-order chi connectivity index (χ1) is 29.9. The number of halogens is 8. The number of ether oxygens (including phenoxy) is 2. The number of hydrogen-bond acceptors (Lipinski definition) is 8. The van der Waals surface area contributed by atoms with Gasteiger partial charge in [-0.25, -0.2) is 9.97 Å². The molecule has 0 saturated heterocycles. The Hall–Kier alpha value is -6.29. The van der Waals surface area contributed by atoms with Crippen molar-refractivity contribution in [2.75, 3.05) is 13.2 Å². The quantitative estimate of drug-likeness (QED) is 0.0981. The Balaban J connectivity index is 1.67. The summed E-state index contributed by atoms with van der Waals surface area (Å²) in [4.78, 5) is 17.9. The lowest BCUT2D eigenvalue weighted by Crippen LogP contribution is -2.33. The highest BCUT2D eigenvalue weighted by Gasteiger charge is 2.37. The molecule has 0 aliphatic rings. The number of hydrogen-bond donors (Lipinski definition) is 0. The fourth-order valence-corrected chi connectivity index (χ4v) is 7.95. The van der Waals surface area contributed by atoms with E-state index in [0.717, 1.165) is 0 Å².